The van der Waals surface area contributed by atoms with Gasteiger partial charge in [0, 0.05) is 16.5 Å². The zero-order valence-electron chi connectivity index (χ0n) is 14.3. The predicted octanol–water partition coefficient (Wildman–Crippen LogP) is 5.60. The van der Waals surface area contributed by atoms with E-state index in [4.69, 9.17) is 0 Å². The van der Waals surface area contributed by atoms with Gasteiger partial charge in [0.25, 0.3) is 0 Å². The highest BCUT2D eigenvalue weighted by Crippen LogP contribution is 2.40. The molecule has 0 atom stereocenters. The van der Waals surface area contributed by atoms with Crippen LogP contribution in [0.3, 0.4) is 0 Å². The van der Waals surface area contributed by atoms with E-state index in [2.05, 4.69) is 4.98 Å². The van der Waals surface area contributed by atoms with Crippen molar-refractivity contribution in [2.24, 2.45) is 0 Å². The van der Waals surface area contributed by atoms with Gasteiger partial charge in [0.05, 0.1) is 17.7 Å². The molecule has 0 spiro atoms. The Balaban J connectivity index is 2.32. The maximum absolute atomic E-state index is 13.4. The largest absolute Gasteiger partial charge is 0.481 e. The average Bonchev–Trinajstić information content (AvgIpc) is 2.91. The number of benzene rings is 2. The molecular formula is C20H18F3NO2. The molecule has 6 heteroatoms. The minimum absolute atomic E-state index is 0.0430. The summed E-state index contributed by atoms with van der Waals surface area (Å²) >= 11 is 0. The maximum Gasteiger partial charge on any atom is 0.417 e. The summed E-state index contributed by atoms with van der Waals surface area (Å²) in [7, 11) is 0. The molecule has 0 aliphatic rings. The third kappa shape index (κ3) is 3.31. The van der Waals surface area contributed by atoms with Gasteiger partial charge in [0.2, 0.25) is 0 Å². The molecule has 0 fully saturated rings. The molecule has 136 valence electrons. The number of fused-ring (bicyclic) bond motifs is 1. The van der Waals surface area contributed by atoms with Crippen molar-refractivity contribution in [1.82, 2.24) is 4.98 Å². The van der Waals surface area contributed by atoms with Crippen molar-refractivity contribution in [3.63, 3.8) is 0 Å². The second-order valence-corrected chi connectivity index (χ2v) is 6.55. The minimum atomic E-state index is -4.53. The second-order valence-electron chi connectivity index (χ2n) is 6.55. The fourth-order valence-corrected chi connectivity index (χ4v) is 3.14. The first-order valence-electron chi connectivity index (χ1n) is 8.21. The number of carboxylic acids is 1. The zero-order chi connectivity index (χ0) is 19.1. The van der Waals surface area contributed by atoms with Gasteiger partial charge in [0.1, 0.15) is 0 Å². The van der Waals surface area contributed by atoms with E-state index >= 15 is 0 Å². The normalized spacial score (nSPS) is 12.1. The smallest absolute Gasteiger partial charge is 0.417 e. The van der Waals surface area contributed by atoms with Gasteiger partial charge in [-0.2, -0.15) is 13.2 Å². The van der Waals surface area contributed by atoms with Crippen molar-refractivity contribution in [3.8, 4) is 11.3 Å². The monoisotopic (exact) mass is 361 g/mol. The van der Waals surface area contributed by atoms with E-state index in [0.717, 1.165) is 11.6 Å². The quantitative estimate of drug-likeness (QED) is 0.635. The number of aliphatic carboxylic acids is 1. The molecule has 3 nitrogen and oxygen atoms in total. The number of carbonyl (C=O) groups is 1. The first kappa shape index (κ1) is 18.0. The van der Waals surface area contributed by atoms with Gasteiger partial charge in [-0.25, -0.2) is 0 Å². The number of hydrogen-bond donors (Lipinski definition) is 2. The molecule has 2 N–H and O–H groups in total. The summed E-state index contributed by atoms with van der Waals surface area (Å²) in [6.45, 7) is 4.01. The van der Waals surface area contributed by atoms with Gasteiger partial charge < -0.3 is 10.1 Å². The highest BCUT2D eigenvalue weighted by Gasteiger charge is 2.34. The third-order valence-corrected chi connectivity index (χ3v) is 4.43. The van der Waals surface area contributed by atoms with Crippen LogP contribution in [0.4, 0.5) is 13.2 Å². The number of aromatic nitrogens is 1. The summed E-state index contributed by atoms with van der Waals surface area (Å²) < 4.78 is 40.3. The second kappa shape index (κ2) is 6.52. The van der Waals surface area contributed by atoms with Crippen LogP contribution in [0.2, 0.25) is 0 Å². The van der Waals surface area contributed by atoms with E-state index in [9.17, 15) is 23.1 Å². The Morgan fingerprint density at radius 2 is 1.85 bits per heavy atom. The number of aromatic amines is 1. The summed E-state index contributed by atoms with van der Waals surface area (Å²) in [4.78, 5) is 14.4. The van der Waals surface area contributed by atoms with Gasteiger partial charge in [0.15, 0.2) is 0 Å². The summed E-state index contributed by atoms with van der Waals surface area (Å²) in [5.74, 6) is -0.871. The fraction of sp³-hybridized carbons (Fsp3) is 0.250. The lowest BCUT2D eigenvalue weighted by atomic mass is 9.96. The Bertz CT molecular complexity index is 971. The van der Waals surface area contributed by atoms with E-state index in [1.165, 1.54) is 18.2 Å². The number of rotatable bonds is 4. The SMILES string of the molecule is CC(C)c1ccc2[nH]c(-c3ccccc3C(F)(F)F)c(CC(=O)O)c2c1. The van der Waals surface area contributed by atoms with E-state index in [0.29, 0.717) is 16.5 Å². The van der Waals surface area contributed by atoms with Crippen LogP contribution < -0.4 is 0 Å². The van der Waals surface area contributed by atoms with Crippen molar-refractivity contribution in [2.45, 2.75) is 32.4 Å². The molecule has 0 aliphatic carbocycles. The number of nitrogens with one attached hydrogen (secondary N) is 1. The van der Waals surface area contributed by atoms with E-state index in [-0.39, 0.29) is 23.6 Å². The average molecular weight is 361 g/mol. The van der Waals surface area contributed by atoms with Crippen LogP contribution in [0.5, 0.6) is 0 Å². The van der Waals surface area contributed by atoms with Gasteiger partial charge in [-0.05, 0) is 35.2 Å². The lowest BCUT2D eigenvalue weighted by Crippen LogP contribution is -2.08. The molecule has 0 amide bonds. The van der Waals surface area contributed by atoms with Crippen molar-refractivity contribution < 1.29 is 23.1 Å². The molecule has 1 heterocycles. The molecule has 0 unspecified atom stereocenters. The van der Waals surface area contributed by atoms with Crippen LogP contribution in [0.1, 0.15) is 36.5 Å². The first-order valence-corrected chi connectivity index (χ1v) is 8.21. The molecule has 3 rings (SSSR count). The van der Waals surface area contributed by atoms with E-state index in [1.807, 2.05) is 26.0 Å². The van der Waals surface area contributed by atoms with Crippen LogP contribution in [-0.2, 0) is 17.4 Å². The Morgan fingerprint density at radius 3 is 2.46 bits per heavy atom. The van der Waals surface area contributed by atoms with Crippen LogP contribution in [0.15, 0.2) is 42.5 Å². The third-order valence-electron chi connectivity index (χ3n) is 4.43. The molecule has 3 aromatic rings. The Kier molecular flexibility index (Phi) is 4.52. The summed E-state index contributed by atoms with van der Waals surface area (Å²) in [5.41, 5.74) is 1.36. The van der Waals surface area contributed by atoms with Crippen molar-refractivity contribution in [2.75, 3.05) is 0 Å². The number of carboxylic acid groups (broad SMARTS) is 1. The topological polar surface area (TPSA) is 53.1 Å². The summed E-state index contributed by atoms with van der Waals surface area (Å²) in [5, 5.41) is 9.93. The van der Waals surface area contributed by atoms with Gasteiger partial charge >= 0.3 is 12.1 Å². The highest BCUT2D eigenvalue weighted by molar-refractivity contribution is 5.94. The van der Waals surface area contributed by atoms with Crippen molar-refractivity contribution in [1.29, 1.82) is 0 Å². The number of alkyl halides is 3. The Labute approximate surface area is 148 Å². The van der Waals surface area contributed by atoms with Crippen LogP contribution in [0, 0.1) is 0 Å². The van der Waals surface area contributed by atoms with E-state index < -0.39 is 17.7 Å². The van der Waals surface area contributed by atoms with Gasteiger partial charge in [-0.1, -0.05) is 38.1 Å². The molecule has 0 saturated carbocycles. The Morgan fingerprint density at radius 1 is 1.15 bits per heavy atom. The Hall–Kier alpha value is -2.76. The predicted molar refractivity (Wildman–Crippen MR) is 94.2 cm³/mol. The molecule has 26 heavy (non-hydrogen) atoms. The van der Waals surface area contributed by atoms with Crippen LogP contribution in [-0.4, -0.2) is 16.1 Å². The molecule has 0 saturated heterocycles. The molecule has 0 aliphatic heterocycles. The zero-order valence-corrected chi connectivity index (χ0v) is 14.3. The molecular weight excluding hydrogens is 343 g/mol. The van der Waals surface area contributed by atoms with Crippen LogP contribution in [0.25, 0.3) is 22.2 Å². The van der Waals surface area contributed by atoms with E-state index in [1.54, 1.807) is 6.07 Å². The number of hydrogen-bond acceptors (Lipinski definition) is 1. The molecule has 2 aromatic carbocycles. The highest BCUT2D eigenvalue weighted by atomic mass is 19.4. The lowest BCUT2D eigenvalue weighted by Gasteiger charge is -2.13. The standard InChI is InChI=1S/C20H18F3NO2/c1-11(2)12-7-8-17-14(9-12)15(10-18(25)26)19(24-17)13-5-3-4-6-16(13)20(21,22)23/h3-9,11,24H,10H2,1-2H3,(H,25,26). The number of H-pyrrole nitrogens is 1. The molecule has 0 bridgehead atoms. The number of halogens is 3. The molecule has 0 radical (unpaired) electrons. The first-order chi connectivity index (χ1) is 12.2. The van der Waals surface area contributed by atoms with Crippen LogP contribution >= 0.6 is 0 Å². The maximum atomic E-state index is 13.4. The summed E-state index contributed by atoms with van der Waals surface area (Å²) in [6, 6.07) is 10.7. The lowest BCUT2D eigenvalue weighted by molar-refractivity contribution is -0.137. The van der Waals surface area contributed by atoms with Crippen molar-refractivity contribution in [3.05, 3.63) is 59.2 Å². The molecule has 1 aromatic heterocycles. The van der Waals surface area contributed by atoms with Gasteiger partial charge in [-0.3, -0.25) is 4.79 Å². The summed E-state index contributed by atoms with van der Waals surface area (Å²) in [6.07, 6.45) is -4.89. The minimum Gasteiger partial charge on any atom is -0.481 e. The van der Waals surface area contributed by atoms with Crippen molar-refractivity contribution >= 4 is 16.9 Å². The van der Waals surface area contributed by atoms with Gasteiger partial charge in [-0.15, -0.1) is 0 Å². The fourth-order valence-electron chi connectivity index (χ4n) is 3.14.